The van der Waals surface area contributed by atoms with E-state index in [0.29, 0.717) is 5.92 Å². The number of hydrogen-bond donors (Lipinski definition) is 1. The Balaban J connectivity index is 1.98. The molecule has 2 atom stereocenters. The highest BCUT2D eigenvalue weighted by molar-refractivity contribution is 5.35. The average Bonchev–Trinajstić information content (AvgIpc) is 2.89. The molecular weight excluding hydrogens is 214 g/mol. The zero-order valence-electron chi connectivity index (χ0n) is 10.4. The number of rotatable bonds is 5. The first-order valence-electron chi connectivity index (χ1n) is 6.36. The van der Waals surface area contributed by atoms with Gasteiger partial charge in [-0.15, -0.1) is 0 Å². The zero-order chi connectivity index (χ0) is 12.1. The third-order valence-corrected chi connectivity index (χ3v) is 3.26. The summed E-state index contributed by atoms with van der Waals surface area (Å²) in [5.74, 6) is 1.45. The van der Waals surface area contributed by atoms with E-state index in [2.05, 4.69) is 13.0 Å². The minimum atomic E-state index is 0.0611. The maximum absolute atomic E-state index is 6.07. The van der Waals surface area contributed by atoms with Gasteiger partial charge in [-0.1, -0.05) is 25.1 Å². The van der Waals surface area contributed by atoms with Gasteiger partial charge in [-0.05, 0) is 18.9 Å². The standard InChI is InChI=1S/C14H21NO2/c1-2-13(15)12-5-3-4-6-14(12)17-10-11-7-8-16-9-11/h3-6,11,13H,2,7-10,15H2,1H3. The molecule has 2 unspecified atom stereocenters. The fraction of sp³-hybridized carbons (Fsp3) is 0.571. The summed E-state index contributed by atoms with van der Waals surface area (Å²) >= 11 is 0. The molecule has 0 aliphatic carbocycles. The summed E-state index contributed by atoms with van der Waals surface area (Å²) in [7, 11) is 0. The predicted octanol–water partition coefficient (Wildman–Crippen LogP) is 2.51. The number of hydrogen-bond acceptors (Lipinski definition) is 3. The Kier molecular flexibility index (Phi) is 4.40. The van der Waals surface area contributed by atoms with Crippen molar-refractivity contribution in [3.63, 3.8) is 0 Å². The van der Waals surface area contributed by atoms with Gasteiger partial charge in [0.1, 0.15) is 5.75 Å². The number of ether oxygens (including phenoxy) is 2. The largest absolute Gasteiger partial charge is 0.493 e. The van der Waals surface area contributed by atoms with Crippen LogP contribution in [0.4, 0.5) is 0 Å². The lowest BCUT2D eigenvalue weighted by atomic mass is 10.0. The van der Waals surface area contributed by atoms with Crippen LogP contribution in [0, 0.1) is 5.92 Å². The molecule has 0 bridgehead atoms. The van der Waals surface area contributed by atoms with Crippen molar-refractivity contribution in [2.45, 2.75) is 25.8 Å². The highest BCUT2D eigenvalue weighted by Gasteiger charge is 2.17. The van der Waals surface area contributed by atoms with Gasteiger partial charge in [-0.2, -0.15) is 0 Å². The fourth-order valence-electron chi connectivity index (χ4n) is 2.06. The Morgan fingerprint density at radius 3 is 3.00 bits per heavy atom. The second-order valence-electron chi connectivity index (χ2n) is 4.59. The van der Waals surface area contributed by atoms with Crippen LogP contribution in [0.15, 0.2) is 24.3 Å². The van der Waals surface area contributed by atoms with Crippen molar-refractivity contribution < 1.29 is 9.47 Å². The molecule has 1 aliphatic rings. The van der Waals surface area contributed by atoms with Crippen LogP contribution in [0.25, 0.3) is 0 Å². The maximum Gasteiger partial charge on any atom is 0.124 e. The number of benzene rings is 1. The molecule has 3 heteroatoms. The maximum atomic E-state index is 6.07. The highest BCUT2D eigenvalue weighted by Crippen LogP contribution is 2.26. The SMILES string of the molecule is CCC(N)c1ccccc1OCC1CCOC1. The van der Waals surface area contributed by atoms with E-state index in [1.165, 1.54) is 0 Å². The quantitative estimate of drug-likeness (QED) is 0.853. The van der Waals surface area contributed by atoms with E-state index in [-0.39, 0.29) is 6.04 Å². The third-order valence-electron chi connectivity index (χ3n) is 3.26. The Hall–Kier alpha value is -1.06. The summed E-state index contributed by atoms with van der Waals surface area (Å²) in [6.07, 6.45) is 2.02. The van der Waals surface area contributed by atoms with Crippen LogP contribution in [0.5, 0.6) is 5.75 Å². The Labute approximate surface area is 103 Å². The van der Waals surface area contributed by atoms with Crippen LogP contribution in [-0.4, -0.2) is 19.8 Å². The lowest BCUT2D eigenvalue weighted by Gasteiger charge is -2.17. The molecule has 1 saturated heterocycles. The van der Waals surface area contributed by atoms with Crippen molar-refractivity contribution >= 4 is 0 Å². The molecule has 17 heavy (non-hydrogen) atoms. The van der Waals surface area contributed by atoms with Gasteiger partial charge in [0.15, 0.2) is 0 Å². The summed E-state index contributed by atoms with van der Waals surface area (Å²) in [5.41, 5.74) is 7.18. The van der Waals surface area contributed by atoms with E-state index < -0.39 is 0 Å². The first-order valence-corrected chi connectivity index (χ1v) is 6.36. The van der Waals surface area contributed by atoms with Crippen molar-refractivity contribution in [1.82, 2.24) is 0 Å². The molecule has 94 valence electrons. The minimum absolute atomic E-state index is 0.0611. The van der Waals surface area contributed by atoms with Gasteiger partial charge in [0, 0.05) is 24.1 Å². The van der Waals surface area contributed by atoms with Gasteiger partial charge in [-0.3, -0.25) is 0 Å². The molecule has 0 aromatic heterocycles. The van der Waals surface area contributed by atoms with Crippen molar-refractivity contribution in [2.75, 3.05) is 19.8 Å². The lowest BCUT2D eigenvalue weighted by molar-refractivity contribution is 0.166. The van der Waals surface area contributed by atoms with Gasteiger partial charge in [-0.25, -0.2) is 0 Å². The summed E-state index contributed by atoms with van der Waals surface area (Å²) in [6, 6.07) is 8.11. The Morgan fingerprint density at radius 1 is 1.47 bits per heavy atom. The predicted molar refractivity (Wildman–Crippen MR) is 68.1 cm³/mol. The van der Waals surface area contributed by atoms with Gasteiger partial charge < -0.3 is 15.2 Å². The molecule has 0 radical (unpaired) electrons. The molecular formula is C14H21NO2. The number of nitrogens with two attached hydrogens (primary N) is 1. The average molecular weight is 235 g/mol. The van der Waals surface area contributed by atoms with Gasteiger partial charge >= 0.3 is 0 Å². The van der Waals surface area contributed by atoms with E-state index in [4.69, 9.17) is 15.2 Å². The van der Waals surface area contributed by atoms with Crippen molar-refractivity contribution in [3.05, 3.63) is 29.8 Å². The van der Waals surface area contributed by atoms with E-state index in [1.807, 2.05) is 18.2 Å². The summed E-state index contributed by atoms with van der Waals surface area (Å²) in [5, 5.41) is 0. The van der Waals surface area contributed by atoms with Crippen LogP contribution >= 0.6 is 0 Å². The molecule has 3 nitrogen and oxygen atoms in total. The van der Waals surface area contributed by atoms with Crippen LogP contribution in [0.2, 0.25) is 0 Å². The molecule has 1 aromatic carbocycles. The van der Waals surface area contributed by atoms with Crippen molar-refractivity contribution in [1.29, 1.82) is 0 Å². The molecule has 1 fully saturated rings. The van der Waals surface area contributed by atoms with Gasteiger partial charge in [0.05, 0.1) is 13.2 Å². The summed E-state index contributed by atoms with van der Waals surface area (Å²) in [6.45, 7) is 4.51. The van der Waals surface area contributed by atoms with Crippen LogP contribution < -0.4 is 10.5 Å². The highest BCUT2D eigenvalue weighted by atomic mass is 16.5. The lowest BCUT2D eigenvalue weighted by Crippen LogP contribution is -2.15. The van der Waals surface area contributed by atoms with E-state index in [1.54, 1.807) is 0 Å². The van der Waals surface area contributed by atoms with Crippen LogP contribution in [0.3, 0.4) is 0 Å². The summed E-state index contributed by atoms with van der Waals surface area (Å²) < 4.78 is 11.2. The summed E-state index contributed by atoms with van der Waals surface area (Å²) in [4.78, 5) is 0. The number of para-hydroxylation sites is 1. The van der Waals surface area contributed by atoms with Crippen LogP contribution in [-0.2, 0) is 4.74 Å². The van der Waals surface area contributed by atoms with Gasteiger partial charge in [0.2, 0.25) is 0 Å². The monoisotopic (exact) mass is 235 g/mol. The van der Waals surface area contributed by atoms with Gasteiger partial charge in [0.25, 0.3) is 0 Å². The second-order valence-corrected chi connectivity index (χ2v) is 4.59. The zero-order valence-corrected chi connectivity index (χ0v) is 10.4. The first kappa shape index (κ1) is 12.4. The molecule has 0 spiro atoms. The molecule has 1 aliphatic heterocycles. The first-order chi connectivity index (χ1) is 8.31. The topological polar surface area (TPSA) is 44.5 Å². The van der Waals surface area contributed by atoms with E-state index in [0.717, 1.165) is 44.0 Å². The Bertz CT molecular complexity index is 348. The van der Waals surface area contributed by atoms with Crippen LogP contribution in [0.1, 0.15) is 31.4 Å². The molecule has 1 aromatic rings. The minimum Gasteiger partial charge on any atom is -0.493 e. The molecule has 0 amide bonds. The third kappa shape index (κ3) is 3.20. The normalized spacial score (nSPS) is 21.4. The van der Waals surface area contributed by atoms with E-state index >= 15 is 0 Å². The van der Waals surface area contributed by atoms with E-state index in [9.17, 15) is 0 Å². The fourth-order valence-corrected chi connectivity index (χ4v) is 2.06. The second kappa shape index (κ2) is 6.03. The molecule has 1 heterocycles. The Morgan fingerprint density at radius 2 is 2.29 bits per heavy atom. The molecule has 0 saturated carbocycles. The van der Waals surface area contributed by atoms with Crippen molar-refractivity contribution in [3.8, 4) is 5.75 Å². The molecule has 2 N–H and O–H groups in total. The smallest absolute Gasteiger partial charge is 0.124 e. The van der Waals surface area contributed by atoms with Crippen molar-refractivity contribution in [2.24, 2.45) is 11.7 Å². The molecule has 2 rings (SSSR count).